The minimum atomic E-state index is -0.638. The van der Waals surface area contributed by atoms with Gasteiger partial charge in [-0.3, -0.25) is 9.59 Å². The van der Waals surface area contributed by atoms with Crippen molar-refractivity contribution in [2.45, 2.75) is 44.7 Å². The number of rotatable bonds is 4. The lowest BCUT2D eigenvalue weighted by molar-refractivity contribution is -0.131. The average molecular weight is 436 g/mol. The lowest BCUT2D eigenvalue weighted by Gasteiger charge is -2.32. The Morgan fingerprint density at radius 3 is 2.61 bits per heavy atom. The molecule has 1 aliphatic carbocycles. The van der Waals surface area contributed by atoms with Crippen LogP contribution in [0.1, 0.15) is 53.4 Å². The average Bonchev–Trinajstić information content (AvgIpc) is 3.47. The van der Waals surface area contributed by atoms with Gasteiger partial charge in [0.25, 0.3) is 5.91 Å². The fourth-order valence-electron chi connectivity index (χ4n) is 4.87. The molecule has 0 spiro atoms. The van der Waals surface area contributed by atoms with Crippen LogP contribution in [0.5, 0.6) is 0 Å². The Morgan fingerprint density at radius 1 is 1.13 bits per heavy atom. The number of Topliss-reactive ketones (excluding diaryl/α,β-unsaturated/α-hetero) is 1. The van der Waals surface area contributed by atoms with Gasteiger partial charge in [-0.15, -0.1) is 0 Å². The number of benzene rings is 2. The Bertz CT molecular complexity index is 1240. The minimum Gasteiger partial charge on any atom is -0.503 e. The number of amides is 1. The summed E-state index contributed by atoms with van der Waals surface area (Å²) >= 11 is 6.06. The van der Waals surface area contributed by atoms with E-state index in [1.807, 2.05) is 31.2 Å². The van der Waals surface area contributed by atoms with E-state index in [1.165, 1.54) is 0 Å². The smallest absolute Gasteiger partial charge is 0.290 e. The molecule has 0 bridgehead atoms. The highest BCUT2D eigenvalue weighted by Crippen LogP contribution is 2.44. The Labute approximate surface area is 184 Å². The number of halogens is 1. The van der Waals surface area contributed by atoms with Gasteiger partial charge in [-0.25, -0.2) is 0 Å². The van der Waals surface area contributed by atoms with E-state index in [0.29, 0.717) is 16.0 Å². The highest BCUT2D eigenvalue weighted by atomic mass is 35.5. The second-order valence-electron chi connectivity index (χ2n) is 8.29. The van der Waals surface area contributed by atoms with Crippen molar-refractivity contribution in [2.24, 2.45) is 0 Å². The molecule has 1 aliphatic heterocycles. The second kappa shape index (κ2) is 7.57. The molecule has 1 N–H and O–H groups in total. The first-order valence-corrected chi connectivity index (χ1v) is 10.9. The summed E-state index contributed by atoms with van der Waals surface area (Å²) in [5.74, 6) is -1.36. The first-order valence-electron chi connectivity index (χ1n) is 10.5. The Morgan fingerprint density at radius 2 is 1.87 bits per heavy atom. The van der Waals surface area contributed by atoms with Crippen molar-refractivity contribution in [2.75, 3.05) is 0 Å². The van der Waals surface area contributed by atoms with Crippen molar-refractivity contribution in [3.63, 3.8) is 0 Å². The summed E-state index contributed by atoms with van der Waals surface area (Å²) in [5, 5.41) is 12.1. The predicted molar refractivity (Wildman–Crippen MR) is 118 cm³/mol. The topological polar surface area (TPSA) is 70.7 Å². The standard InChI is InChI=1S/C25H22ClNO4/c1-14-6-2-5-9-18(14)22-21(24(29)25(30)27(22)17-7-3-4-8-17)23(28)20-13-15-12-16(26)10-11-19(15)31-20/h2,5-6,9-13,17,22,29H,3-4,7-8H2,1H3. The third-order valence-electron chi connectivity index (χ3n) is 6.39. The molecule has 0 radical (unpaired) electrons. The number of fused-ring (bicyclic) bond motifs is 1. The van der Waals surface area contributed by atoms with Crippen LogP contribution in [0.15, 0.2) is 64.3 Å². The molecule has 1 saturated carbocycles. The third-order valence-corrected chi connectivity index (χ3v) is 6.63. The molecule has 3 aromatic rings. The Kier molecular flexibility index (Phi) is 4.86. The third kappa shape index (κ3) is 3.24. The molecule has 1 fully saturated rings. The van der Waals surface area contributed by atoms with Gasteiger partial charge in [0, 0.05) is 16.5 Å². The molecular weight excluding hydrogens is 414 g/mol. The predicted octanol–water partition coefficient (Wildman–Crippen LogP) is 5.92. The summed E-state index contributed by atoms with van der Waals surface area (Å²) in [6, 6.07) is 13.8. The molecular formula is C25H22ClNO4. The number of nitrogens with zero attached hydrogens (tertiary/aromatic N) is 1. The molecule has 0 saturated heterocycles. The quantitative estimate of drug-likeness (QED) is 0.516. The molecule has 5 rings (SSSR count). The maximum absolute atomic E-state index is 13.6. The van der Waals surface area contributed by atoms with Crippen molar-refractivity contribution in [1.82, 2.24) is 4.90 Å². The van der Waals surface area contributed by atoms with Gasteiger partial charge < -0.3 is 14.4 Å². The van der Waals surface area contributed by atoms with Crippen LogP contribution >= 0.6 is 11.6 Å². The number of furan rings is 1. The van der Waals surface area contributed by atoms with Crippen molar-refractivity contribution in [3.8, 4) is 0 Å². The van der Waals surface area contributed by atoms with Gasteiger partial charge in [0.15, 0.2) is 11.5 Å². The maximum atomic E-state index is 13.6. The van der Waals surface area contributed by atoms with Crippen LogP contribution in [0.3, 0.4) is 0 Å². The fraction of sp³-hybridized carbons (Fsp3) is 0.280. The zero-order valence-corrected chi connectivity index (χ0v) is 17.9. The van der Waals surface area contributed by atoms with E-state index in [2.05, 4.69) is 0 Å². The van der Waals surface area contributed by atoms with E-state index < -0.39 is 23.5 Å². The van der Waals surface area contributed by atoms with Crippen LogP contribution in [0.25, 0.3) is 11.0 Å². The zero-order valence-electron chi connectivity index (χ0n) is 17.1. The molecule has 31 heavy (non-hydrogen) atoms. The second-order valence-corrected chi connectivity index (χ2v) is 8.73. The minimum absolute atomic E-state index is 0.000893. The van der Waals surface area contributed by atoms with Gasteiger partial charge in [-0.1, -0.05) is 48.7 Å². The van der Waals surface area contributed by atoms with Crippen LogP contribution in [-0.2, 0) is 4.79 Å². The van der Waals surface area contributed by atoms with Gasteiger partial charge >= 0.3 is 0 Å². The molecule has 1 aromatic heterocycles. The van der Waals surface area contributed by atoms with Crippen LogP contribution < -0.4 is 0 Å². The molecule has 5 nitrogen and oxygen atoms in total. The van der Waals surface area contributed by atoms with Gasteiger partial charge in [0.05, 0.1) is 11.6 Å². The van der Waals surface area contributed by atoms with E-state index in [1.54, 1.807) is 29.2 Å². The van der Waals surface area contributed by atoms with E-state index in [-0.39, 0.29) is 17.4 Å². The zero-order chi connectivity index (χ0) is 21.7. The highest BCUT2D eigenvalue weighted by Gasteiger charge is 2.48. The van der Waals surface area contributed by atoms with Crippen molar-refractivity contribution in [3.05, 3.63) is 81.8 Å². The van der Waals surface area contributed by atoms with Crippen molar-refractivity contribution < 1.29 is 19.1 Å². The molecule has 1 atom stereocenters. The van der Waals surface area contributed by atoms with Crippen LogP contribution in [0.2, 0.25) is 5.02 Å². The first-order chi connectivity index (χ1) is 15.0. The number of carbonyl (C=O) groups is 2. The largest absolute Gasteiger partial charge is 0.503 e. The lowest BCUT2D eigenvalue weighted by Crippen LogP contribution is -2.39. The summed E-state index contributed by atoms with van der Waals surface area (Å²) in [6.45, 7) is 1.95. The summed E-state index contributed by atoms with van der Waals surface area (Å²) in [7, 11) is 0. The highest BCUT2D eigenvalue weighted by molar-refractivity contribution is 6.31. The molecule has 158 valence electrons. The molecule has 2 heterocycles. The van der Waals surface area contributed by atoms with Crippen LogP contribution in [0, 0.1) is 6.92 Å². The summed E-state index contributed by atoms with van der Waals surface area (Å²) in [4.78, 5) is 28.5. The number of aryl methyl sites for hydroxylation is 1. The van der Waals surface area contributed by atoms with Gasteiger partial charge in [0.1, 0.15) is 5.58 Å². The maximum Gasteiger partial charge on any atom is 0.290 e. The number of hydrogen-bond donors (Lipinski definition) is 1. The fourth-order valence-corrected chi connectivity index (χ4v) is 5.05. The molecule has 1 amide bonds. The number of aliphatic hydroxyl groups excluding tert-OH is 1. The van der Waals surface area contributed by atoms with E-state index >= 15 is 0 Å². The Hall–Kier alpha value is -3.05. The van der Waals surface area contributed by atoms with E-state index in [4.69, 9.17) is 16.0 Å². The summed E-state index contributed by atoms with van der Waals surface area (Å²) in [5.41, 5.74) is 2.41. The number of carbonyl (C=O) groups excluding carboxylic acids is 2. The molecule has 2 aromatic carbocycles. The first kappa shape index (κ1) is 19.9. The summed E-state index contributed by atoms with van der Waals surface area (Å²) in [6.07, 6.45) is 3.80. The Balaban J connectivity index is 1.64. The summed E-state index contributed by atoms with van der Waals surface area (Å²) < 4.78 is 5.77. The van der Waals surface area contributed by atoms with Gasteiger partial charge in [-0.05, 0) is 55.2 Å². The van der Waals surface area contributed by atoms with Crippen LogP contribution in [-0.4, -0.2) is 27.7 Å². The monoisotopic (exact) mass is 435 g/mol. The van der Waals surface area contributed by atoms with Crippen molar-refractivity contribution >= 4 is 34.3 Å². The van der Waals surface area contributed by atoms with E-state index in [9.17, 15) is 14.7 Å². The lowest BCUT2D eigenvalue weighted by atomic mass is 9.91. The normalized spacial score (nSPS) is 19.7. The number of ketones is 1. The van der Waals surface area contributed by atoms with E-state index in [0.717, 1.165) is 36.8 Å². The van der Waals surface area contributed by atoms with Gasteiger partial charge in [0.2, 0.25) is 5.78 Å². The SMILES string of the molecule is Cc1ccccc1C1C(C(=O)c2cc3cc(Cl)ccc3o2)=C(O)C(=O)N1C1CCCC1. The molecule has 6 heteroatoms. The van der Waals surface area contributed by atoms with Gasteiger partial charge in [-0.2, -0.15) is 0 Å². The van der Waals surface area contributed by atoms with Crippen molar-refractivity contribution in [1.29, 1.82) is 0 Å². The molecule has 2 aliphatic rings. The number of hydrogen-bond acceptors (Lipinski definition) is 4. The number of aliphatic hydroxyl groups is 1. The van der Waals surface area contributed by atoms with Crippen LogP contribution in [0.4, 0.5) is 0 Å². The molecule has 1 unspecified atom stereocenters.